The Morgan fingerprint density at radius 2 is 0.930 bits per heavy atom. The van der Waals surface area contributed by atoms with Gasteiger partial charge in [-0.15, -0.1) is 0 Å². The summed E-state index contributed by atoms with van der Waals surface area (Å²) < 4.78 is 138. The van der Waals surface area contributed by atoms with Crippen molar-refractivity contribution in [2.75, 3.05) is 0 Å². The van der Waals surface area contributed by atoms with Crippen molar-refractivity contribution in [3.8, 4) is 11.5 Å². The lowest BCUT2D eigenvalue weighted by atomic mass is 9.81. The van der Waals surface area contributed by atoms with Gasteiger partial charge in [-0.3, -0.25) is 5.32 Å². The summed E-state index contributed by atoms with van der Waals surface area (Å²) >= 11 is 12.0. The molecule has 0 aromatic heterocycles. The zero-order chi connectivity index (χ0) is 31.5. The highest BCUT2D eigenvalue weighted by molar-refractivity contribution is 7.88. The van der Waals surface area contributed by atoms with Crippen LogP contribution in [-0.2, 0) is 20.2 Å². The maximum Gasteiger partial charge on any atom is 0.534 e. The van der Waals surface area contributed by atoms with Gasteiger partial charge in [-0.2, -0.15) is 43.2 Å². The molecular weight excluding hydrogens is 671 g/mol. The fourth-order valence-electron chi connectivity index (χ4n) is 4.65. The molecule has 17 heteroatoms. The molecule has 43 heavy (non-hydrogen) atoms. The van der Waals surface area contributed by atoms with Crippen LogP contribution in [0.3, 0.4) is 0 Å². The number of hydrogen-bond acceptors (Lipinski definition) is 7. The van der Waals surface area contributed by atoms with E-state index in [1.807, 2.05) is 0 Å². The first-order valence-electron chi connectivity index (χ1n) is 11.8. The lowest BCUT2D eigenvalue weighted by Gasteiger charge is -2.36. The Balaban J connectivity index is 1.88. The predicted molar refractivity (Wildman–Crippen MR) is 145 cm³/mol. The maximum atomic E-state index is 13.4. The van der Waals surface area contributed by atoms with E-state index in [2.05, 4.69) is 13.7 Å². The summed E-state index contributed by atoms with van der Waals surface area (Å²) in [5, 5.41) is 3.73. The van der Waals surface area contributed by atoms with Gasteiger partial charge in [-0.25, -0.2) is 0 Å². The fraction of sp³-hybridized carbons (Fsp3) is 0.154. The van der Waals surface area contributed by atoms with Crippen LogP contribution in [0.4, 0.5) is 26.3 Å². The van der Waals surface area contributed by atoms with Crippen molar-refractivity contribution in [2.24, 2.45) is 0 Å². The molecule has 1 heterocycles. The minimum atomic E-state index is -6.22. The average molecular weight is 686 g/mol. The first-order chi connectivity index (χ1) is 19.9. The molecule has 0 fully saturated rings. The van der Waals surface area contributed by atoms with Crippen molar-refractivity contribution in [3.63, 3.8) is 0 Å². The highest BCUT2D eigenvalue weighted by Gasteiger charge is 2.51. The quantitative estimate of drug-likeness (QED) is 0.128. The van der Waals surface area contributed by atoms with Gasteiger partial charge < -0.3 is 8.37 Å². The summed E-state index contributed by atoms with van der Waals surface area (Å²) in [7, 11) is -12.4. The molecule has 2 atom stereocenters. The first-order valence-corrected chi connectivity index (χ1v) is 15.3. The summed E-state index contributed by atoms with van der Waals surface area (Å²) in [5.41, 5.74) is -11.5. The summed E-state index contributed by atoms with van der Waals surface area (Å²) in [5.74, 6) is -1.63. The van der Waals surface area contributed by atoms with Crippen LogP contribution >= 0.6 is 23.2 Å². The predicted octanol–water partition coefficient (Wildman–Crippen LogP) is 7.39. The third-order valence-corrected chi connectivity index (χ3v) is 8.91. The Morgan fingerprint density at radius 1 is 0.581 bits per heavy atom. The lowest BCUT2D eigenvalue weighted by Crippen LogP contribution is -2.35. The third-order valence-electron chi connectivity index (χ3n) is 6.47. The molecule has 0 radical (unpaired) electrons. The zero-order valence-corrected chi connectivity index (χ0v) is 24.0. The summed E-state index contributed by atoms with van der Waals surface area (Å²) in [4.78, 5) is 0. The van der Waals surface area contributed by atoms with Crippen LogP contribution in [0, 0.1) is 0 Å². The van der Waals surface area contributed by atoms with Crippen molar-refractivity contribution in [3.05, 3.63) is 105 Å². The van der Waals surface area contributed by atoms with Gasteiger partial charge in [0.1, 0.15) is 11.5 Å². The Bertz CT molecular complexity index is 1800. The number of rotatable bonds is 6. The Labute approximate surface area is 250 Å². The maximum absolute atomic E-state index is 13.4. The Kier molecular flexibility index (Phi) is 7.79. The molecule has 0 amide bonds. The Morgan fingerprint density at radius 3 is 1.26 bits per heavy atom. The number of nitrogens with one attached hydrogen (secondary N) is 1. The third kappa shape index (κ3) is 5.83. The van der Waals surface area contributed by atoms with Gasteiger partial charge in [0.15, 0.2) is 0 Å². The molecule has 1 aliphatic rings. The molecule has 228 valence electrons. The van der Waals surface area contributed by atoms with E-state index in [4.69, 9.17) is 23.2 Å². The van der Waals surface area contributed by atoms with Crippen LogP contribution in [0.1, 0.15) is 34.3 Å². The molecule has 1 aliphatic heterocycles. The highest BCUT2D eigenvalue weighted by atomic mass is 35.5. The van der Waals surface area contributed by atoms with Crippen LogP contribution in [0.2, 0.25) is 10.0 Å². The number of halogens is 8. The zero-order valence-electron chi connectivity index (χ0n) is 20.9. The first kappa shape index (κ1) is 31.2. The minimum Gasteiger partial charge on any atom is -0.376 e. The summed E-state index contributed by atoms with van der Waals surface area (Å²) in [6.45, 7) is 0. The molecular formula is C26H15Cl2F6NO6S2. The van der Waals surface area contributed by atoms with Crippen LogP contribution in [0.25, 0.3) is 10.8 Å². The number of hydrogen-bond donors (Lipinski definition) is 1. The number of alkyl halides is 6. The Hall–Kier alpha value is -3.24. The van der Waals surface area contributed by atoms with Gasteiger partial charge in [0.05, 0.1) is 12.1 Å². The van der Waals surface area contributed by atoms with Gasteiger partial charge in [0.25, 0.3) is 0 Å². The van der Waals surface area contributed by atoms with Crippen molar-refractivity contribution in [1.29, 1.82) is 0 Å². The largest absolute Gasteiger partial charge is 0.534 e. The molecule has 4 aromatic rings. The standard InChI is InChI=1S/C26H15Cl2F6NO6S2/c27-16-7-1-14(2-8-16)23-21-18(40-42(36,37)25(29,30)31)11-5-13-6-12-19(41-43(38,39)26(32,33)34)22(20(13)21)24(35-23)15-3-9-17(28)10-4-15/h1-12,23-24,35H. The SMILES string of the molecule is O=S(=O)(Oc1ccc2ccc(OS(=O)(=O)C(F)(F)F)c3c2c1C(c1ccc(Cl)cc1)NC3c1ccc(Cl)cc1)C(F)(F)F. The van der Waals surface area contributed by atoms with Crippen molar-refractivity contribution < 1.29 is 51.5 Å². The van der Waals surface area contributed by atoms with Gasteiger partial charge in [-0.05, 0) is 58.3 Å². The molecule has 0 spiro atoms. The fourth-order valence-corrected chi connectivity index (χ4v) is 5.86. The van der Waals surface area contributed by atoms with Crippen molar-refractivity contribution in [2.45, 2.75) is 23.1 Å². The molecule has 0 saturated heterocycles. The van der Waals surface area contributed by atoms with Gasteiger partial charge >= 0.3 is 31.3 Å². The normalized spacial score (nSPS) is 17.6. The van der Waals surface area contributed by atoms with Gasteiger partial charge in [-0.1, -0.05) is 59.6 Å². The summed E-state index contributed by atoms with van der Waals surface area (Å²) in [6.07, 6.45) is 0. The van der Waals surface area contributed by atoms with Gasteiger partial charge in [0.2, 0.25) is 0 Å². The molecule has 0 saturated carbocycles. The lowest BCUT2D eigenvalue weighted by molar-refractivity contribution is -0.0504. The van der Waals surface area contributed by atoms with E-state index in [0.717, 1.165) is 12.1 Å². The molecule has 5 rings (SSSR count). The second-order valence-corrected chi connectivity index (χ2v) is 13.1. The molecule has 1 N–H and O–H groups in total. The van der Waals surface area contributed by atoms with E-state index in [9.17, 15) is 43.2 Å². The molecule has 2 unspecified atom stereocenters. The monoisotopic (exact) mass is 685 g/mol. The summed E-state index contributed by atoms with van der Waals surface area (Å²) in [6, 6.07) is 13.7. The van der Waals surface area contributed by atoms with Crippen LogP contribution < -0.4 is 13.7 Å². The number of benzene rings is 4. The van der Waals surface area contributed by atoms with Gasteiger partial charge in [0, 0.05) is 21.2 Å². The van der Waals surface area contributed by atoms with Crippen LogP contribution in [0.5, 0.6) is 11.5 Å². The smallest absolute Gasteiger partial charge is 0.376 e. The van der Waals surface area contributed by atoms with E-state index in [1.165, 1.54) is 60.7 Å². The van der Waals surface area contributed by atoms with E-state index < -0.39 is 54.8 Å². The molecule has 4 aromatic carbocycles. The molecule has 0 bridgehead atoms. The topological polar surface area (TPSA) is 98.8 Å². The van der Waals surface area contributed by atoms with Crippen LogP contribution in [-0.4, -0.2) is 27.9 Å². The van der Waals surface area contributed by atoms with Crippen molar-refractivity contribution in [1.82, 2.24) is 5.32 Å². The highest BCUT2D eigenvalue weighted by Crippen LogP contribution is 2.50. The van der Waals surface area contributed by atoms with E-state index in [-0.39, 0.29) is 31.9 Å². The second kappa shape index (κ2) is 10.7. The minimum absolute atomic E-state index is 0.108. The van der Waals surface area contributed by atoms with Crippen LogP contribution in [0.15, 0.2) is 72.8 Å². The van der Waals surface area contributed by atoms with E-state index in [1.54, 1.807) is 0 Å². The molecule has 7 nitrogen and oxygen atoms in total. The van der Waals surface area contributed by atoms with Crippen molar-refractivity contribution >= 4 is 54.2 Å². The average Bonchev–Trinajstić information content (AvgIpc) is 2.90. The van der Waals surface area contributed by atoms with E-state index in [0.29, 0.717) is 11.1 Å². The molecule has 0 aliphatic carbocycles. The second-order valence-electron chi connectivity index (χ2n) is 9.16. The van der Waals surface area contributed by atoms with E-state index >= 15 is 0 Å².